The quantitative estimate of drug-likeness (QED) is 0.263. The fourth-order valence-electron chi connectivity index (χ4n) is 10.5. The van der Waals surface area contributed by atoms with Gasteiger partial charge < -0.3 is 9.47 Å². The van der Waals surface area contributed by atoms with E-state index in [1.165, 1.54) is 19.8 Å². The summed E-state index contributed by atoms with van der Waals surface area (Å²) in [5.41, 5.74) is 1.56. The molecule has 4 aliphatic carbocycles. The minimum absolute atomic E-state index is 0.0566. The maximum atomic E-state index is 11.9. The van der Waals surface area contributed by atoms with Crippen molar-refractivity contribution in [1.82, 2.24) is 5.01 Å². The molecule has 2 saturated heterocycles. The Morgan fingerprint density at radius 3 is 2.69 bits per heavy atom. The van der Waals surface area contributed by atoms with Crippen LogP contribution in [0.1, 0.15) is 92.4 Å². The number of carbonyl (C=O) groups excluding carboxylic acids is 1. The summed E-state index contributed by atoms with van der Waals surface area (Å²) in [5.74, 6) is 3.27. The normalized spacial score (nSPS) is 52.7. The first-order valence-corrected chi connectivity index (χ1v) is 14.3. The van der Waals surface area contributed by atoms with Crippen LogP contribution in [0.15, 0.2) is 16.9 Å². The fraction of sp³-hybridized carbons (Fsp3) is 0.897. The van der Waals surface area contributed by atoms with E-state index < -0.39 is 5.72 Å². The molecule has 6 rings (SSSR count). The lowest BCUT2D eigenvalue weighted by molar-refractivity contribution is -0.196. The Bertz CT molecular complexity index is 936. The van der Waals surface area contributed by atoms with Gasteiger partial charge in [0.25, 0.3) is 0 Å². The van der Waals surface area contributed by atoms with Gasteiger partial charge in [0.1, 0.15) is 6.10 Å². The molecule has 2 aliphatic heterocycles. The van der Waals surface area contributed by atoms with Gasteiger partial charge in [0, 0.05) is 25.8 Å². The first-order valence-electron chi connectivity index (χ1n) is 14.3. The van der Waals surface area contributed by atoms with Crippen molar-refractivity contribution in [2.75, 3.05) is 6.54 Å². The number of nitroso groups, excluding NO2 is 1. The number of allylic oxidation sites excluding steroid dienone is 1. The Kier molecular flexibility index (Phi) is 5.49. The number of hydrogen-bond acceptors (Lipinski definition) is 5. The molecule has 1 spiro atoms. The Labute approximate surface area is 210 Å². The molecule has 0 bridgehead atoms. The molecule has 0 N–H and O–H groups in total. The van der Waals surface area contributed by atoms with Gasteiger partial charge in [-0.25, -0.2) is 5.01 Å². The van der Waals surface area contributed by atoms with Gasteiger partial charge in [-0.3, -0.25) is 4.79 Å². The highest BCUT2D eigenvalue weighted by atomic mass is 16.5. The van der Waals surface area contributed by atoms with Gasteiger partial charge in [0.15, 0.2) is 5.72 Å². The van der Waals surface area contributed by atoms with Crippen molar-refractivity contribution in [2.24, 2.45) is 51.6 Å². The molecule has 2 heterocycles. The van der Waals surface area contributed by atoms with Crippen molar-refractivity contribution in [3.05, 3.63) is 16.6 Å². The Morgan fingerprint density at radius 2 is 1.94 bits per heavy atom. The van der Waals surface area contributed by atoms with Crippen LogP contribution in [0.3, 0.4) is 0 Å². The molecule has 0 aromatic carbocycles. The molecule has 35 heavy (non-hydrogen) atoms. The van der Waals surface area contributed by atoms with Gasteiger partial charge in [-0.1, -0.05) is 39.3 Å². The molecule has 6 nitrogen and oxygen atoms in total. The van der Waals surface area contributed by atoms with Crippen molar-refractivity contribution in [3.63, 3.8) is 0 Å². The van der Waals surface area contributed by atoms with Gasteiger partial charge in [-0.2, -0.15) is 0 Å². The number of nitrogens with zero attached hydrogens (tertiary/aromatic N) is 2. The summed E-state index contributed by atoms with van der Waals surface area (Å²) in [4.78, 5) is 23.4. The molecule has 5 fully saturated rings. The minimum Gasteiger partial charge on any atom is -0.462 e. The van der Waals surface area contributed by atoms with Crippen LogP contribution >= 0.6 is 0 Å². The second-order valence-corrected chi connectivity index (χ2v) is 13.6. The van der Waals surface area contributed by atoms with Crippen LogP contribution in [0, 0.1) is 51.2 Å². The number of ether oxygens (including phenoxy) is 2. The summed E-state index contributed by atoms with van der Waals surface area (Å²) < 4.78 is 12.6. The van der Waals surface area contributed by atoms with Crippen molar-refractivity contribution in [1.29, 1.82) is 0 Å². The predicted octanol–water partition coefficient (Wildman–Crippen LogP) is 6.25. The molecule has 11 unspecified atom stereocenters. The second-order valence-electron chi connectivity index (χ2n) is 13.6. The van der Waals surface area contributed by atoms with Crippen LogP contribution in [0.25, 0.3) is 0 Å². The molecule has 6 aliphatic rings. The third-order valence-corrected chi connectivity index (χ3v) is 12.1. The first kappa shape index (κ1) is 23.9. The van der Waals surface area contributed by atoms with E-state index in [1.807, 2.05) is 0 Å². The highest BCUT2D eigenvalue weighted by Gasteiger charge is 2.69. The minimum atomic E-state index is -0.491. The number of carbonyl (C=O) groups is 1. The Hall–Kier alpha value is -1.43. The molecule has 0 aromatic rings. The molecule has 194 valence electrons. The maximum absolute atomic E-state index is 11.9. The van der Waals surface area contributed by atoms with Crippen molar-refractivity contribution < 1.29 is 14.3 Å². The summed E-state index contributed by atoms with van der Waals surface area (Å²) in [6.45, 7) is 11.9. The molecule has 11 atom stereocenters. The molecule has 0 radical (unpaired) electrons. The SMILES string of the molecule is CC(=O)OC1CCC2(C)C(=CCC3C2CCC2(C)C3CC3OC4(CCC(C)CN4N=O)C(C)C32)C1. The van der Waals surface area contributed by atoms with E-state index in [-0.39, 0.29) is 29.0 Å². The van der Waals surface area contributed by atoms with E-state index in [0.29, 0.717) is 35.5 Å². The van der Waals surface area contributed by atoms with Crippen LogP contribution in [0.2, 0.25) is 0 Å². The van der Waals surface area contributed by atoms with Crippen LogP contribution < -0.4 is 0 Å². The van der Waals surface area contributed by atoms with Gasteiger partial charge in [-0.05, 0) is 91.8 Å². The zero-order valence-electron chi connectivity index (χ0n) is 22.3. The Balaban J connectivity index is 1.25. The van der Waals surface area contributed by atoms with Crippen LogP contribution in [-0.2, 0) is 14.3 Å². The van der Waals surface area contributed by atoms with Crippen LogP contribution in [0.4, 0.5) is 0 Å². The summed E-state index contributed by atoms with van der Waals surface area (Å²) >= 11 is 0. The molecular formula is C29H44N2O4. The number of rotatable bonds is 2. The summed E-state index contributed by atoms with van der Waals surface area (Å²) in [6, 6.07) is 0. The molecule has 0 amide bonds. The van der Waals surface area contributed by atoms with Crippen LogP contribution in [0.5, 0.6) is 0 Å². The standard InChI is InChI=1S/C29H44N2O4/c1-17-8-13-29(31(16-17)30-33)18(2)26-25(35-29)15-24-22-7-6-20-14-21(34-19(3)32)9-11-27(20,4)23(22)10-12-28(24,26)5/h6,17-18,21-26H,7-16H2,1-5H3. The number of fused-ring (bicyclic) bond motifs is 7. The maximum Gasteiger partial charge on any atom is 0.302 e. The largest absolute Gasteiger partial charge is 0.462 e. The number of piperidine rings is 1. The van der Waals surface area contributed by atoms with E-state index in [4.69, 9.17) is 9.47 Å². The van der Waals surface area contributed by atoms with E-state index in [1.54, 1.807) is 10.6 Å². The highest BCUT2D eigenvalue weighted by molar-refractivity contribution is 5.66. The van der Waals surface area contributed by atoms with E-state index in [9.17, 15) is 9.70 Å². The topological polar surface area (TPSA) is 68.2 Å². The molecule has 6 heteroatoms. The van der Waals surface area contributed by atoms with Crippen molar-refractivity contribution in [3.8, 4) is 0 Å². The zero-order valence-corrected chi connectivity index (χ0v) is 22.3. The summed E-state index contributed by atoms with van der Waals surface area (Å²) in [5, 5.41) is 5.28. The van der Waals surface area contributed by atoms with Gasteiger partial charge in [0.2, 0.25) is 0 Å². The first-order chi connectivity index (χ1) is 16.6. The van der Waals surface area contributed by atoms with Gasteiger partial charge in [-0.15, -0.1) is 4.91 Å². The van der Waals surface area contributed by atoms with E-state index in [2.05, 4.69) is 39.1 Å². The summed E-state index contributed by atoms with van der Waals surface area (Å²) in [6.07, 6.45) is 12.7. The lowest BCUT2D eigenvalue weighted by Crippen LogP contribution is -2.57. The van der Waals surface area contributed by atoms with E-state index in [0.717, 1.165) is 51.5 Å². The Morgan fingerprint density at radius 1 is 1.14 bits per heavy atom. The van der Waals surface area contributed by atoms with Gasteiger partial charge in [0.05, 0.1) is 11.4 Å². The smallest absolute Gasteiger partial charge is 0.302 e. The lowest BCUT2D eigenvalue weighted by atomic mass is 9.46. The molecule has 3 saturated carbocycles. The number of esters is 1. The van der Waals surface area contributed by atoms with Crippen molar-refractivity contribution in [2.45, 2.75) is 110 Å². The van der Waals surface area contributed by atoms with E-state index >= 15 is 0 Å². The molecule has 0 aromatic heterocycles. The predicted molar refractivity (Wildman–Crippen MR) is 134 cm³/mol. The van der Waals surface area contributed by atoms with Crippen LogP contribution in [-0.4, -0.2) is 35.5 Å². The highest BCUT2D eigenvalue weighted by Crippen LogP contribution is 2.70. The summed E-state index contributed by atoms with van der Waals surface area (Å²) in [7, 11) is 0. The average Bonchev–Trinajstić information content (AvgIpc) is 3.26. The monoisotopic (exact) mass is 484 g/mol. The zero-order chi connectivity index (χ0) is 24.8. The molecular weight excluding hydrogens is 440 g/mol. The lowest BCUT2D eigenvalue weighted by Gasteiger charge is -2.58. The third kappa shape index (κ3) is 3.26. The van der Waals surface area contributed by atoms with Gasteiger partial charge >= 0.3 is 5.97 Å². The third-order valence-electron chi connectivity index (χ3n) is 12.1. The fourth-order valence-corrected chi connectivity index (χ4v) is 10.5. The number of hydrogen-bond donors (Lipinski definition) is 0. The average molecular weight is 485 g/mol. The van der Waals surface area contributed by atoms with Crippen molar-refractivity contribution >= 4 is 5.97 Å². The second kappa shape index (κ2) is 8.03.